The number of nitrogens with zero attached hydrogens (tertiary/aromatic N) is 6. The zero-order valence-corrected chi connectivity index (χ0v) is 18.3. The summed E-state index contributed by atoms with van der Waals surface area (Å²) in [4.78, 5) is 20.8. The Morgan fingerprint density at radius 2 is 1.97 bits per heavy atom. The van der Waals surface area contributed by atoms with Gasteiger partial charge in [-0.25, -0.2) is 24.5 Å². The number of aryl methyl sites for hydroxylation is 2. The number of alkyl halides is 3. The van der Waals surface area contributed by atoms with Crippen LogP contribution in [-0.2, 0) is 6.18 Å². The number of halogens is 5. The molecule has 0 atom stereocenters. The van der Waals surface area contributed by atoms with Crippen LogP contribution in [-0.4, -0.2) is 38.4 Å². The molecular formula is C19H16ClF4N9O. The molecule has 0 bridgehead atoms. The monoisotopic (exact) mass is 497 g/mol. The van der Waals surface area contributed by atoms with Gasteiger partial charge in [-0.15, -0.1) is 0 Å². The van der Waals surface area contributed by atoms with E-state index in [1.54, 1.807) is 6.21 Å². The lowest BCUT2D eigenvalue weighted by molar-refractivity contribution is -0.143. The number of hydrogen-bond donors (Lipinski definition) is 3. The van der Waals surface area contributed by atoms with Crippen LogP contribution in [0.25, 0.3) is 5.82 Å². The van der Waals surface area contributed by atoms with Crippen LogP contribution in [0.15, 0.2) is 23.4 Å². The summed E-state index contributed by atoms with van der Waals surface area (Å²) in [7, 11) is 0. The van der Waals surface area contributed by atoms with Crippen molar-refractivity contribution in [2.75, 3.05) is 22.7 Å². The topological polar surface area (TPSA) is 126 Å². The maximum atomic E-state index is 14.0. The van der Waals surface area contributed by atoms with Crippen molar-refractivity contribution in [3.63, 3.8) is 0 Å². The van der Waals surface area contributed by atoms with Gasteiger partial charge in [-0.3, -0.25) is 4.79 Å². The Balaban J connectivity index is 1.72. The second-order valence-electron chi connectivity index (χ2n) is 7.17. The minimum atomic E-state index is -5.01. The predicted octanol–water partition coefficient (Wildman–Crippen LogP) is 3.24. The van der Waals surface area contributed by atoms with Crippen LogP contribution in [0.3, 0.4) is 0 Å². The number of rotatable bonds is 4. The van der Waals surface area contributed by atoms with E-state index in [4.69, 9.17) is 17.3 Å². The first-order valence-corrected chi connectivity index (χ1v) is 9.98. The molecule has 1 aliphatic rings. The molecule has 0 aliphatic carbocycles. The minimum absolute atomic E-state index is 0.0351. The molecule has 0 fully saturated rings. The number of carbonyl (C=O) groups excluding carboxylic acids is 1. The van der Waals surface area contributed by atoms with E-state index in [0.29, 0.717) is 11.2 Å². The van der Waals surface area contributed by atoms with Gasteiger partial charge in [0, 0.05) is 6.21 Å². The molecule has 0 unspecified atom stereocenters. The Hall–Kier alpha value is -3.78. The van der Waals surface area contributed by atoms with E-state index in [1.807, 2.05) is 0 Å². The highest BCUT2D eigenvalue weighted by atomic mass is 35.5. The molecule has 34 heavy (non-hydrogen) atoms. The van der Waals surface area contributed by atoms with Gasteiger partial charge in [0.25, 0.3) is 5.91 Å². The van der Waals surface area contributed by atoms with E-state index in [9.17, 15) is 22.4 Å². The van der Waals surface area contributed by atoms with Crippen LogP contribution in [0.1, 0.15) is 27.3 Å². The number of hydrogen-bond acceptors (Lipinski definition) is 8. The standard InChI is InChI=1S/C19H16ClF4N9O/c1-8-5-12(21)15(25)31-16(8)32-14(19(22,23)24)10(7-28-32)18(34)30-13-6-11(20)17(29-9(13)2)33-26-3-4-27-33/h3,5-7,27H,4H2,1-2H3,(H2,25,31)(H,30,34). The van der Waals surface area contributed by atoms with E-state index >= 15 is 0 Å². The summed E-state index contributed by atoms with van der Waals surface area (Å²) >= 11 is 6.23. The number of amides is 1. The van der Waals surface area contributed by atoms with Gasteiger partial charge in [0.2, 0.25) is 0 Å². The van der Waals surface area contributed by atoms with Crippen LogP contribution in [0, 0.1) is 19.7 Å². The SMILES string of the molecule is Cc1cc(F)c(N)nc1-n1ncc(C(=O)Nc2cc(Cl)c(N3N=CCN3)nc2C)c1C(F)(F)F. The number of nitrogens with two attached hydrogens (primary N) is 1. The summed E-state index contributed by atoms with van der Waals surface area (Å²) in [5, 5.41) is 11.5. The van der Waals surface area contributed by atoms with E-state index in [2.05, 4.69) is 30.9 Å². The number of hydrazone groups is 1. The fraction of sp³-hybridized carbons (Fsp3) is 0.211. The summed E-state index contributed by atoms with van der Waals surface area (Å²) < 4.78 is 56.0. The molecule has 3 aromatic heterocycles. The van der Waals surface area contributed by atoms with Crippen molar-refractivity contribution in [1.29, 1.82) is 0 Å². The maximum absolute atomic E-state index is 14.0. The van der Waals surface area contributed by atoms with E-state index in [-0.39, 0.29) is 33.6 Å². The Morgan fingerprint density at radius 3 is 2.62 bits per heavy atom. The second kappa shape index (κ2) is 8.53. The number of hydrazine groups is 1. The molecule has 1 amide bonds. The fourth-order valence-electron chi connectivity index (χ4n) is 3.20. The lowest BCUT2D eigenvalue weighted by atomic mass is 10.2. The van der Waals surface area contributed by atoms with Crippen LogP contribution < -0.4 is 21.6 Å². The highest BCUT2D eigenvalue weighted by Crippen LogP contribution is 2.35. The highest BCUT2D eigenvalue weighted by Gasteiger charge is 2.41. The first kappa shape index (κ1) is 23.4. The Kier molecular flexibility index (Phi) is 5.87. The van der Waals surface area contributed by atoms with Gasteiger partial charge >= 0.3 is 6.18 Å². The average Bonchev–Trinajstić information content (AvgIpc) is 3.43. The molecule has 178 valence electrons. The number of carbonyl (C=O) groups is 1. The number of pyridine rings is 2. The van der Waals surface area contributed by atoms with Crippen LogP contribution in [0.2, 0.25) is 5.02 Å². The van der Waals surface area contributed by atoms with Gasteiger partial charge in [-0.1, -0.05) is 11.6 Å². The second-order valence-corrected chi connectivity index (χ2v) is 7.57. The van der Waals surface area contributed by atoms with Gasteiger partial charge in [0.05, 0.1) is 34.7 Å². The molecular weight excluding hydrogens is 482 g/mol. The summed E-state index contributed by atoms with van der Waals surface area (Å²) in [6.07, 6.45) is -2.68. The molecule has 0 saturated heterocycles. The number of aromatic nitrogens is 4. The van der Waals surface area contributed by atoms with E-state index in [0.717, 1.165) is 12.3 Å². The quantitative estimate of drug-likeness (QED) is 0.472. The lowest BCUT2D eigenvalue weighted by Crippen LogP contribution is -2.29. The molecule has 10 nitrogen and oxygen atoms in total. The Morgan fingerprint density at radius 1 is 1.24 bits per heavy atom. The molecule has 4 N–H and O–H groups in total. The van der Waals surface area contributed by atoms with Crippen molar-refractivity contribution in [1.82, 2.24) is 25.2 Å². The molecule has 0 saturated carbocycles. The van der Waals surface area contributed by atoms with Gasteiger partial charge in [-0.2, -0.15) is 28.5 Å². The third kappa shape index (κ3) is 4.24. The Bertz CT molecular complexity index is 1320. The van der Waals surface area contributed by atoms with Crippen molar-refractivity contribution in [3.8, 4) is 5.82 Å². The zero-order chi connectivity index (χ0) is 24.8. The number of nitrogens with one attached hydrogen (secondary N) is 2. The van der Waals surface area contributed by atoms with Gasteiger partial charge in [-0.05, 0) is 31.5 Å². The summed E-state index contributed by atoms with van der Waals surface area (Å²) in [6, 6.07) is 2.27. The van der Waals surface area contributed by atoms with Gasteiger partial charge in [0.1, 0.15) is 0 Å². The molecule has 3 aromatic rings. The van der Waals surface area contributed by atoms with Crippen LogP contribution >= 0.6 is 11.6 Å². The number of anilines is 3. The largest absolute Gasteiger partial charge is 0.434 e. The summed E-state index contributed by atoms with van der Waals surface area (Å²) in [6.45, 7) is 3.34. The Labute approximate surface area is 194 Å². The van der Waals surface area contributed by atoms with Crippen molar-refractivity contribution in [2.24, 2.45) is 5.10 Å². The third-order valence-corrected chi connectivity index (χ3v) is 5.05. The molecule has 0 radical (unpaired) electrons. The minimum Gasteiger partial charge on any atom is -0.381 e. The van der Waals surface area contributed by atoms with Gasteiger partial charge < -0.3 is 11.1 Å². The smallest absolute Gasteiger partial charge is 0.381 e. The van der Waals surface area contributed by atoms with Crippen molar-refractivity contribution in [2.45, 2.75) is 20.0 Å². The normalized spacial score (nSPS) is 13.6. The maximum Gasteiger partial charge on any atom is 0.434 e. The summed E-state index contributed by atoms with van der Waals surface area (Å²) in [5.41, 5.74) is 6.51. The average molecular weight is 498 g/mol. The number of nitrogen functional groups attached to an aromatic ring is 1. The lowest BCUT2D eigenvalue weighted by Gasteiger charge is -2.17. The van der Waals surface area contributed by atoms with Crippen molar-refractivity contribution >= 4 is 41.0 Å². The highest BCUT2D eigenvalue weighted by molar-refractivity contribution is 6.33. The van der Waals surface area contributed by atoms with Crippen molar-refractivity contribution < 1.29 is 22.4 Å². The first-order chi connectivity index (χ1) is 16.0. The van der Waals surface area contributed by atoms with Gasteiger partial charge in [0.15, 0.2) is 29.0 Å². The molecule has 4 rings (SSSR count). The molecule has 4 heterocycles. The zero-order valence-electron chi connectivity index (χ0n) is 17.6. The van der Waals surface area contributed by atoms with Crippen LogP contribution in [0.4, 0.5) is 34.9 Å². The van der Waals surface area contributed by atoms with E-state index < -0.39 is 35.0 Å². The molecule has 15 heteroatoms. The summed E-state index contributed by atoms with van der Waals surface area (Å²) in [5.74, 6) is -2.72. The molecule has 1 aliphatic heterocycles. The third-order valence-electron chi connectivity index (χ3n) is 4.78. The van der Waals surface area contributed by atoms with Crippen LogP contribution in [0.5, 0.6) is 0 Å². The molecule has 0 aromatic carbocycles. The van der Waals surface area contributed by atoms with Crippen molar-refractivity contribution in [3.05, 3.63) is 51.7 Å². The van der Waals surface area contributed by atoms with E-state index in [1.165, 1.54) is 25.0 Å². The fourth-order valence-corrected chi connectivity index (χ4v) is 3.43. The predicted molar refractivity (Wildman–Crippen MR) is 116 cm³/mol. The first-order valence-electron chi connectivity index (χ1n) is 9.60. The molecule has 0 spiro atoms.